The van der Waals surface area contributed by atoms with Crippen molar-refractivity contribution in [3.05, 3.63) is 152 Å². The van der Waals surface area contributed by atoms with E-state index in [1.807, 2.05) is 12.3 Å². The molecule has 0 unspecified atom stereocenters. The first-order chi connectivity index (χ1) is 19.9. The van der Waals surface area contributed by atoms with Gasteiger partial charge in [0.1, 0.15) is 0 Å². The Kier molecular flexibility index (Phi) is 5.21. The molecule has 8 aromatic rings. The molecule has 0 saturated heterocycles. The second-order valence-corrected chi connectivity index (χ2v) is 10.3. The maximum Gasteiger partial charge on any atom is 0.0714 e. The summed E-state index contributed by atoms with van der Waals surface area (Å²) in [5.74, 6) is 0. The minimum Gasteiger partial charge on any atom is -0.256 e. The highest BCUT2D eigenvalue weighted by Gasteiger charge is 2.19. The Bertz CT molecular complexity index is 2150. The monoisotopic (exact) mass is 507 g/mol. The van der Waals surface area contributed by atoms with Gasteiger partial charge in [0.15, 0.2) is 0 Å². The summed E-state index contributed by atoms with van der Waals surface area (Å²) in [6.07, 6.45) is 1.90. The van der Waals surface area contributed by atoms with Crippen LogP contribution in [0, 0.1) is 0 Å². The number of benzene rings is 7. The summed E-state index contributed by atoms with van der Waals surface area (Å²) in [4.78, 5) is 4.86. The van der Waals surface area contributed by atoms with E-state index in [1.165, 1.54) is 65.7 Å². The fourth-order valence-electron chi connectivity index (χ4n) is 6.36. The van der Waals surface area contributed by atoms with E-state index in [4.69, 9.17) is 4.98 Å². The fourth-order valence-corrected chi connectivity index (χ4v) is 6.36. The Morgan fingerprint density at radius 3 is 1.65 bits per heavy atom. The third-order valence-electron chi connectivity index (χ3n) is 8.08. The molecular formula is C39H25N. The van der Waals surface area contributed by atoms with E-state index in [0.29, 0.717) is 0 Å². The topological polar surface area (TPSA) is 12.9 Å². The quantitative estimate of drug-likeness (QED) is 0.217. The predicted molar refractivity (Wildman–Crippen MR) is 171 cm³/mol. The van der Waals surface area contributed by atoms with Crippen LogP contribution in [0.4, 0.5) is 0 Å². The Balaban J connectivity index is 1.53. The van der Waals surface area contributed by atoms with Crippen molar-refractivity contribution in [3.8, 4) is 33.4 Å². The Labute approximate surface area is 233 Å². The molecule has 1 heterocycles. The largest absolute Gasteiger partial charge is 0.256 e. The van der Waals surface area contributed by atoms with Crippen molar-refractivity contribution in [2.24, 2.45) is 0 Å². The smallest absolute Gasteiger partial charge is 0.0714 e. The molecule has 0 N–H and O–H groups in total. The van der Waals surface area contributed by atoms with Crippen molar-refractivity contribution in [1.29, 1.82) is 0 Å². The molecule has 1 heteroatoms. The molecule has 0 aliphatic rings. The molecule has 0 bridgehead atoms. The lowest BCUT2D eigenvalue weighted by Crippen LogP contribution is -1.93. The van der Waals surface area contributed by atoms with Gasteiger partial charge in [-0.2, -0.15) is 0 Å². The summed E-state index contributed by atoms with van der Waals surface area (Å²) in [5.41, 5.74) is 8.38. The van der Waals surface area contributed by atoms with E-state index in [1.54, 1.807) is 0 Å². The molecule has 0 radical (unpaired) electrons. The molecule has 0 fully saturated rings. The van der Waals surface area contributed by atoms with Crippen molar-refractivity contribution in [2.45, 2.75) is 0 Å². The summed E-state index contributed by atoms with van der Waals surface area (Å²) >= 11 is 0. The van der Waals surface area contributed by atoms with Gasteiger partial charge in [0.25, 0.3) is 0 Å². The van der Waals surface area contributed by atoms with E-state index in [2.05, 4.69) is 140 Å². The molecule has 186 valence electrons. The van der Waals surface area contributed by atoms with Gasteiger partial charge in [-0.3, -0.25) is 4.98 Å². The summed E-state index contributed by atoms with van der Waals surface area (Å²) in [6, 6.07) is 52.5. The third-order valence-corrected chi connectivity index (χ3v) is 8.08. The Morgan fingerprint density at radius 1 is 0.350 bits per heavy atom. The van der Waals surface area contributed by atoms with Crippen LogP contribution in [-0.2, 0) is 0 Å². The lowest BCUT2D eigenvalue weighted by molar-refractivity contribution is 1.41. The third kappa shape index (κ3) is 3.52. The molecule has 0 saturated carbocycles. The number of pyridine rings is 1. The van der Waals surface area contributed by atoms with Gasteiger partial charge in [0.05, 0.1) is 5.52 Å². The van der Waals surface area contributed by atoms with Crippen LogP contribution in [0.5, 0.6) is 0 Å². The average molecular weight is 508 g/mol. The summed E-state index contributed by atoms with van der Waals surface area (Å²) in [7, 11) is 0. The molecular weight excluding hydrogens is 482 g/mol. The number of nitrogens with zero attached hydrogens (tertiary/aromatic N) is 1. The van der Waals surface area contributed by atoms with Crippen molar-refractivity contribution < 1.29 is 0 Å². The second kappa shape index (κ2) is 9.18. The number of fused-ring (bicyclic) bond motifs is 4. The number of aromatic nitrogens is 1. The highest BCUT2D eigenvalue weighted by atomic mass is 14.6. The fraction of sp³-hybridized carbons (Fsp3) is 0. The van der Waals surface area contributed by atoms with Crippen LogP contribution in [0.1, 0.15) is 0 Å². The lowest BCUT2D eigenvalue weighted by Gasteiger charge is -2.19. The number of hydrogen-bond donors (Lipinski definition) is 0. The van der Waals surface area contributed by atoms with Gasteiger partial charge < -0.3 is 0 Å². The molecule has 0 aliphatic heterocycles. The van der Waals surface area contributed by atoms with E-state index in [0.717, 1.165) is 10.9 Å². The lowest BCUT2D eigenvalue weighted by atomic mass is 9.84. The van der Waals surface area contributed by atoms with Gasteiger partial charge in [0.2, 0.25) is 0 Å². The highest BCUT2D eigenvalue weighted by molar-refractivity contribution is 6.23. The minimum atomic E-state index is 1.00. The number of rotatable bonds is 3. The summed E-state index contributed by atoms with van der Waals surface area (Å²) < 4.78 is 0. The minimum absolute atomic E-state index is 1.00. The van der Waals surface area contributed by atoms with Crippen molar-refractivity contribution in [3.63, 3.8) is 0 Å². The van der Waals surface area contributed by atoms with Gasteiger partial charge in [0, 0.05) is 11.6 Å². The maximum absolute atomic E-state index is 4.86. The zero-order valence-electron chi connectivity index (χ0n) is 21.9. The first-order valence-electron chi connectivity index (χ1n) is 13.7. The van der Waals surface area contributed by atoms with E-state index in [-0.39, 0.29) is 0 Å². The Morgan fingerprint density at radius 2 is 0.925 bits per heavy atom. The van der Waals surface area contributed by atoms with Gasteiger partial charge in [-0.15, -0.1) is 0 Å². The van der Waals surface area contributed by atoms with Crippen LogP contribution in [0.2, 0.25) is 0 Å². The zero-order chi connectivity index (χ0) is 26.5. The first-order valence-corrected chi connectivity index (χ1v) is 13.7. The average Bonchev–Trinajstić information content (AvgIpc) is 3.03. The standard InChI is InChI=1S/C39H25N/c1-2-13-27(14-3-1)38-32-17-6-8-19-34(32)39(35-20-9-7-18-33(35)38)36-24-28(25-37-31(36)22-11-23-40-37)30-21-10-15-26-12-4-5-16-29(26)30/h1-25H. The number of hydrogen-bond acceptors (Lipinski definition) is 1. The molecule has 8 rings (SSSR count). The summed E-state index contributed by atoms with van der Waals surface area (Å²) in [5, 5.41) is 8.67. The van der Waals surface area contributed by atoms with Gasteiger partial charge in [-0.05, 0) is 83.9 Å². The summed E-state index contributed by atoms with van der Waals surface area (Å²) in [6.45, 7) is 0. The maximum atomic E-state index is 4.86. The normalized spacial score (nSPS) is 11.5. The zero-order valence-corrected chi connectivity index (χ0v) is 21.9. The molecule has 0 atom stereocenters. The molecule has 1 nitrogen and oxygen atoms in total. The van der Waals surface area contributed by atoms with E-state index in [9.17, 15) is 0 Å². The highest BCUT2D eigenvalue weighted by Crippen LogP contribution is 2.46. The second-order valence-electron chi connectivity index (χ2n) is 10.3. The van der Waals surface area contributed by atoms with E-state index >= 15 is 0 Å². The van der Waals surface area contributed by atoms with Crippen molar-refractivity contribution in [1.82, 2.24) is 4.98 Å². The molecule has 0 spiro atoms. The molecule has 0 aliphatic carbocycles. The van der Waals surface area contributed by atoms with Crippen LogP contribution in [0.3, 0.4) is 0 Å². The molecule has 1 aromatic heterocycles. The predicted octanol–water partition coefficient (Wildman–Crippen LogP) is 10.7. The van der Waals surface area contributed by atoms with Crippen LogP contribution >= 0.6 is 0 Å². The molecule has 40 heavy (non-hydrogen) atoms. The van der Waals surface area contributed by atoms with Gasteiger partial charge in [-0.1, -0.05) is 127 Å². The van der Waals surface area contributed by atoms with Crippen LogP contribution in [0.25, 0.3) is 76.6 Å². The molecule has 0 amide bonds. The first kappa shape index (κ1) is 22.7. The van der Waals surface area contributed by atoms with Gasteiger partial charge in [-0.25, -0.2) is 0 Å². The van der Waals surface area contributed by atoms with Crippen molar-refractivity contribution >= 4 is 43.2 Å². The van der Waals surface area contributed by atoms with Crippen LogP contribution in [0.15, 0.2) is 152 Å². The van der Waals surface area contributed by atoms with E-state index < -0.39 is 0 Å². The van der Waals surface area contributed by atoms with Gasteiger partial charge >= 0.3 is 0 Å². The van der Waals surface area contributed by atoms with Crippen LogP contribution in [-0.4, -0.2) is 4.98 Å². The van der Waals surface area contributed by atoms with Crippen molar-refractivity contribution in [2.75, 3.05) is 0 Å². The van der Waals surface area contributed by atoms with Crippen LogP contribution < -0.4 is 0 Å². The molecule has 7 aromatic carbocycles. The SMILES string of the molecule is c1ccc(-c2c3ccccc3c(-c3cc(-c4cccc5ccccc45)cc4ncccc34)c3ccccc23)cc1. The Hall–Kier alpha value is -5.27.